The molecule has 35 atom stereocenters. The zero-order valence-corrected chi connectivity index (χ0v) is 46.3. The summed E-state index contributed by atoms with van der Waals surface area (Å²) in [6.45, 7) is 8.99. The molecule has 11 aliphatic rings. The topological polar surface area (TPSA) is 374 Å². The third-order valence-electron chi connectivity index (χ3n) is 21.7. The van der Waals surface area contributed by atoms with Crippen LogP contribution in [-0.2, 0) is 56.8 Å². The average Bonchev–Trinajstić information content (AvgIpc) is 4.13. The van der Waals surface area contributed by atoms with Crippen LogP contribution in [0, 0.1) is 52.3 Å². The highest BCUT2D eigenvalue weighted by Crippen LogP contribution is 2.71. The van der Waals surface area contributed by atoms with Crippen molar-refractivity contribution in [3.05, 3.63) is 0 Å². The Morgan fingerprint density at radius 2 is 1.07 bits per heavy atom. The first-order valence-electron chi connectivity index (χ1n) is 29.5. The monoisotopic (exact) mass is 1150 g/mol. The van der Waals surface area contributed by atoms with Gasteiger partial charge in [0.25, 0.3) is 0 Å². The third-order valence-corrected chi connectivity index (χ3v) is 21.7. The molecule has 13 N–H and O–H groups in total. The highest BCUT2D eigenvalue weighted by Gasteiger charge is 2.69. The fourth-order valence-corrected chi connectivity index (χ4v) is 17.0. The van der Waals surface area contributed by atoms with Crippen molar-refractivity contribution in [2.75, 3.05) is 33.0 Å². The summed E-state index contributed by atoms with van der Waals surface area (Å²) in [5.74, 6) is 2.69. The lowest BCUT2D eigenvalue weighted by atomic mass is 9.44. The molecule has 2 unspecified atom stereocenters. The minimum absolute atomic E-state index is 0.0136. The van der Waals surface area contributed by atoms with Gasteiger partial charge in [-0.2, -0.15) is 0 Å². The van der Waals surface area contributed by atoms with E-state index in [4.69, 9.17) is 56.8 Å². The standard InChI is InChI=1S/C55H90O25/c1-21-8-13-55(71-18-21)22(2)34-31(80-55)15-28-26-7-6-24-14-25(9-11-53(24,4)27(26)10-12-54(28,34)5)73-51-46(78-50-42(67)39(64)35(60)23(3)72-50)43(68)44(33(17-57)75-51)76-52-47(79-49-41(66)37(62)30(59)20-70-49)45(38(63)32(16-56)74-52)77-48-40(65)36(61)29(58)19-69-48/h21-52,56-68H,6-20H2,1-5H3/t21-,22+,23+,24?,25?,26-,27+,28+,29-,30-,31+,32-,33-,34+,35+,36+,37+,38-,39-,40-,41-,42-,43+,44+,45+,46-,47-,48-,49-,50+,51+,52-,53+,54+,55-/m1/s1. The number of aliphatic hydroxyl groups excluding tert-OH is 13. The lowest BCUT2D eigenvalue weighted by molar-refractivity contribution is -0.408. The van der Waals surface area contributed by atoms with Gasteiger partial charge in [0.1, 0.15) is 104 Å². The first-order chi connectivity index (χ1) is 38.0. The number of fused-ring (bicyclic) bond motifs is 7. The van der Waals surface area contributed by atoms with E-state index < -0.39 is 180 Å². The van der Waals surface area contributed by atoms with E-state index in [1.807, 2.05) is 0 Å². The Labute approximate surface area is 465 Å². The molecule has 0 amide bonds. The van der Waals surface area contributed by atoms with Crippen LogP contribution < -0.4 is 0 Å². The van der Waals surface area contributed by atoms with Crippen LogP contribution in [-0.4, -0.2) is 259 Å². The maximum absolute atomic E-state index is 12.6. The molecule has 11 rings (SSSR count). The molecule has 1 spiro atoms. The number of hydrogen-bond acceptors (Lipinski definition) is 25. The molecule has 0 bridgehead atoms. The Kier molecular flexibility index (Phi) is 17.9. The molecular weight excluding hydrogens is 1060 g/mol. The average molecular weight is 1150 g/mol. The van der Waals surface area contributed by atoms with Crippen molar-refractivity contribution in [2.45, 2.75) is 258 Å². The van der Waals surface area contributed by atoms with Crippen LogP contribution in [0.15, 0.2) is 0 Å². The molecule has 7 saturated heterocycles. The van der Waals surface area contributed by atoms with Crippen LogP contribution in [0.1, 0.15) is 98.8 Å². The van der Waals surface area contributed by atoms with Crippen LogP contribution in [0.3, 0.4) is 0 Å². The van der Waals surface area contributed by atoms with Crippen molar-refractivity contribution >= 4 is 0 Å². The van der Waals surface area contributed by atoms with Gasteiger partial charge in [0, 0.05) is 12.3 Å². The molecule has 0 aromatic carbocycles. The predicted octanol–water partition coefficient (Wildman–Crippen LogP) is -2.78. The largest absolute Gasteiger partial charge is 0.394 e. The van der Waals surface area contributed by atoms with E-state index >= 15 is 0 Å². The molecule has 7 aliphatic heterocycles. The normalized spacial score (nSPS) is 58.1. The van der Waals surface area contributed by atoms with Gasteiger partial charge in [-0.3, -0.25) is 0 Å². The van der Waals surface area contributed by atoms with E-state index in [2.05, 4.69) is 27.7 Å². The quantitative estimate of drug-likeness (QED) is 0.0879. The summed E-state index contributed by atoms with van der Waals surface area (Å²) in [6, 6.07) is 0. The number of hydrogen-bond donors (Lipinski definition) is 13. The van der Waals surface area contributed by atoms with Crippen molar-refractivity contribution in [3.8, 4) is 0 Å². The number of ether oxygens (including phenoxy) is 12. The van der Waals surface area contributed by atoms with Crippen molar-refractivity contribution in [1.82, 2.24) is 0 Å². The molecular formula is C55H90O25. The zero-order valence-electron chi connectivity index (χ0n) is 46.3. The van der Waals surface area contributed by atoms with Gasteiger partial charge >= 0.3 is 0 Å². The summed E-state index contributed by atoms with van der Waals surface area (Å²) in [6.07, 6.45) is -29.8. The van der Waals surface area contributed by atoms with Crippen LogP contribution in [0.4, 0.5) is 0 Å². The van der Waals surface area contributed by atoms with Crippen molar-refractivity contribution in [2.24, 2.45) is 52.3 Å². The molecule has 460 valence electrons. The fraction of sp³-hybridized carbons (Fsp3) is 1.00. The van der Waals surface area contributed by atoms with Crippen LogP contribution in [0.25, 0.3) is 0 Å². The van der Waals surface area contributed by atoms with E-state index in [0.717, 1.165) is 58.0 Å². The maximum atomic E-state index is 12.6. The van der Waals surface area contributed by atoms with Gasteiger partial charge in [-0.1, -0.05) is 27.7 Å². The van der Waals surface area contributed by atoms with Gasteiger partial charge in [0.15, 0.2) is 37.2 Å². The van der Waals surface area contributed by atoms with Crippen LogP contribution >= 0.6 is 0 Å². The van der Waals surface area contributed by atoms with E-state index in [1.165, 1.54) is 6.92 Å². The Morgan fingerprint density at radius 3 is 1.73 bits per heavy atom. The minimum Gasteiger partial charge on any atom is -0.394 e. The summed E-state index contributed by atoms with van der Waals surface area (Å²) in [7, 11) is 0. The summed E-state index contributed by atoms with van der Waals surface area (Å²) < 4.78 is 74.8. The van der Waals surface area contributed by atoms with Crippen LogP contribution in [0.5, 0.6) is 0 Å². The molecule has 80 heavy (non-hydrogen) atoms. The summed E-state index contributed by atoms with van der Waals surface area (Å²) >= 11 is 0. The number of aliphatic hydroxyl groups is 13. The molecule has 25 nitrogen and oxygen atoms in total. The van der Waals surface area contributed by atoms with Gasteiger partial charge in [-0.15, -0.1) is 0 Å². The summed E-state index contributed by atoms with van der Waals surface area (Å²) in [5.41, 5.74) is 0.170. The van der Waals surface area contributed by atoms with Gasteiger partial charge in [-0.25, -0.2) is 0 Å². The van der Waals surface area contributed by atoms with Gasteiger partial charge in [0.2, 0.25) is 0 Å². The first kappa shape index (κ1) is 60.7. The van der Waals surface area contributed by atoms with Crippen molar-refractivity contribution < 1.29 is 123 Å². The second kappa shape index (κ2) is 23.6. The van der Waals surface area contributed by atoms with Crippen molar-refractivity contribution in [1.29, 1.82) is 0 Å². The molecule has 0 aromatic heterocycles. The van der Waals surface area contributed by atoms with Gasteiger partial charge in [-0.05, 0) is 111 Å². The zero-order chi connectivity index (χ0) is 57.1. The van der Waals surface area contributed by atoms with E-state index in [9.17, 15) is 66.4 Å². The Balaban J connectivity index is 0.830. The van der Waals surface area contributed by atoms with Gasteiger partial charge < -0.3 is 123 Å². The second-order valence-corrected chi connectivity index (χ2v) is 26.2. The lowest BCUT2D eigenvalue weighted by Gasteiger charge is -2.61. The molecule has 25 heteroatoms. The van der Waals surface area contributed by atoms with Crippen molar-refractivity contribution in [3.63, 3.8) is 0 Å². The van der Waals surface area contributed by atoms with E-state index in [1.54, 1.807) is 0 Å². The molecule has 0 aromatic rings. The van der Waals surface area contributed by atoms with Gasteiger partial charge in [0.05, 0.1) is 51.3 Å². The Bertz CT molecular complexity index is 2080. The summed E-state index contributed by atoms with van der Waals surface area (Å²) in [5, 5.41) is 142. The van der Waals surface area contributed by atoms with Crippen LogP contribution in [0.2, 0.25) is 0 Å². The first-order valence-corrected chi connectivity index (χ1v) is 29.5. The Morgan fingerprint density at radius 1 is 0.475 bits per heavy atom. The highest BCUT2D eigenvalue weighted by atomic mass is 16.8. The predicted molar refractivity (Wildman–Crippen MR) is 267 cm³/mol. The fourth-order valence-electron chi connectivity index (χ4n) is 17.0. The lowest BCUT2D eigenvalue weighted by Crippen LogP contribution is -2.68. The Hall–Kier alpha value is -1.00. The second-order valence-electron chi connectivity index (χ2n) is 26.2. The smallest absolute Gasteiger partial charge is 0.187 e. The van der Waals surface area contributed by atoms with E-state index in [-0.39, 0.29) is 22.9 Å². The molecule has 11 fully saturated rings. The molecule has 4 saturated carbocycles. The molecule has 7 heterocycles. The SMILES string of the molecule is C[C@@H]1CC[C@@]2(OC1)O[C@H]1C[C@H]3[C@@H]4CCC5CC(O[C@H]6O[C@H](CO)[C@H](O[C@H]7O[C@H](CO)[C@@H](O)[C@H](O[C@H]8OC[C@@H](O)[C@H](O)[C@H]8O)[C@H]7O[C@H]7OC[C@@H](O)[C@H](O)[C@H]7O)[C@H](O)[C@H]6O[C@@H]6O[C@@H](C)[C@H](O)[C@@H](O)[C@H]6O)CC[C@]5(C)[C@H]4CC[C@]3(C)[C@H]1[C@@H]2C. The summed E-state index contributed by atoms with van der Waals surface area (Å²) in [4.78, 5) is 0. The maximum Gasteiger partial charge on any atom is 0.187 e. The third kappa shape index (κ3) is 10.6. The van der Waals surface area contributed by atoms with E-state index in [0.29, 0.717) is 48.3 Å². The number of rotatable bonds is 12. The minimum atomic E-state index is -1.93. The highest BCUT2D eigenvalue weighted by molar-refractivity contribution is 5.16. The molecule has 4 aliphatic carbocycles. The molecule has 0 radical (unpaired) electrons.